The van der Waals surface area contributed by atoms with Gasteiger partial charge in [-0.05, 0) is 42.8 Å². The van der Waals surface area contributed by atoms with E-state index < -0.39 is 12.6 Å². The molecule has 35 heavy (non-hydrogen) atoms. The quantitative estimate of drug-likeness (QED) is 0.320. The Balaban J connectivity index is 1.78. The standard InChI is InChI=1S/C25H23F3N4O3/c1-15-11-16(7-8-18(15)24(34)29-2)32-14-31-23-19(30-10-9-25(26,27)28)12-17(13-20(23)32)35-22-6-4-3-5-21(22)33/h3-8,11-14,30,33H,9-10H2,1-2H3,(H,29,34). The summed E-state index contributed by atoms with van der Waals surface area (Å²) in [5, 5.41) is 15.5. The molecule has 0 atom stereocenters. The Kier molecular flexibility index (Phi) is 6.54. The SMILES string of the molecule is CNC(=O)c1ccc(-n2cnc3c(NCCC(F)(F)F)cc(Oc4ccccc4O)cc32)cc1C. The van der Waals surface area contributed by atoms with Crippen LogP contribution in [0.1, 0.15) is 22.3 Å². The number of aromatic hydroxyl groups is 1. The maximum Gasteiger partial charge on any atom is 0.390 e. The van der Waals surface area contributed by atoms with Crippen molar-refractivity contribution in [3.8, 4) is 22.9 Å². The van der Waals surface area contributed by atoms with E-state index in [1.54, 1.807) is 60.4 Å². The van der Waals surface area contributed by atoms with Crippen LogP contribution in [0.3, 0.4) is 0 Å². The third-order valence-electron chi connectivity index (χ3n) is 5.40. The van der Waals surface area contributed by atoms with Gasteiger partial charge in [0.2, 0.25) is 0 Å². The molecule has 0 fully saturated rings. The van der Waals surface area contributed by atoms with E-state index >= 15 is 0 Å². The number of halogens is 3. The number of benzene rings is 3. The van der Waals surface area contributed by atoms with E-state index in [-0.39, 0.29) is 24.0 Å². The molecule has 7 nitrogen and oxygen atoms in total. The summed E-state index contributed by atoms with van der Waals surface area (Å²) in [5.41, 5.74) is 3.35. The van der Waals surface area contributed by atoms with Crippen molar-refractivity contribution in [1.82, 2.24) is 14.9 Å². The third-order valence-corrected chi connectivity index (χ3v) is 5.40. The van der Waals surface area contributed by atoms with Crippen LogP contribution in [0.5, 0.6) is 17.2 Å². The smallest absolute Gasteiger partial charge is 0.390 e. The minimum atomic E-state index is -4.31. The lowest BCUT2D eigenvalue weighted by atomic mass is 10.1. The molecular formula is C25H23F3N4O3. The van der Waals surface area contributed by atoms with Crippen LogP contribution in [-0.2, 0) is 0 Å². The summed E-state index contributed by atoms with van der Waals surface area (Å²) in [7, 11) is 1.55. The number of phenolic OH excluding ortho intramolecular Hbond substituents is 1. The van der Waals surface area contributed by atoms with E-state index in [2.05, 4.69) is 15.6 Å². The molecule has 0 aliphatic heterocycles. The molecule has 0 aliphatic carbocycles. The van der Waals surface area contributed by atoms with Crippen LogP contribution in [0, 0.1) is 6.92 Å². The van der Waals surface area contributed by atoms with Gasteiger partial charge in [-0.2, -0.15) is 13.2 Å². The molecule has 0 spiro atoms. The first-order valence-electron chi connectivity index (χ1n) is 10.8. The number of para-hydroxylation sites is 2. The number of hydrogen-bond donors (Lipinski definition) is 3. The van der Waals surface area contributed by atoms with Gasteiger partial charge in [0.05, 0.1) is 17.6 Å². The van der Waals surface area contributed by atoms with Gasteiger partial charge >= 0.3 is 6.18 Å². The molecule has 0 saturated heterocycles. The van der Waals surface area contributed by atoms with Gasteiger partial charge in [0.15, 0.2) is 11.5 Å². The molecule has 0 aliphatic rings. The van der Waals surface area contributed by atoms with Crippen LogP contribution < -0.4 is 15.4 Å². The topological polar surface area (TPSA) is 88.4 Å². The van der Waals surface area contributed by atoms with Crippen LogP contribution in [0.25, 0.3) is 16.7 Å². The number of carbonyl (C=O) groups is 1. The minimum absolute atomic E-state index is 0.0758. The van der Waals surface area contributed by atoms with Crippen LogP contribution in [-0.4, -0.2) is 40.3 Å². The first kappa shape index (κ1) is 23.9. The van der Waals surface area contributed by atoms with Crippen molar-refractivity contribution >= 4 is 22.6 Å². The second-order valence-electron chi connectivity index (χ2n) is 7.89. The Morgan fingerprint density at radius 2 is 1.91 bits per heavy atom. The molecular weight excluding hydrogens is 461 g/mol. The number of imidazole rings is 1. The molecule has 3 aromatic carbocycles. The molecule has 3 N–H and O–H groups in total. The van der Waals surface area contributed by atoms with E-state index in [1.165, 1.54) is 6.07 Å². The monoisotopic (exact) mass is 484 g/mol. The molecule has 0 radical (unpaired) electrons. The number of ether oxygens (including phenoxy) is 1. The number of rotatable bonds is 7. The molecule has 0 saturated carbocycles. The van der Waals surface area contributed by atoms with Crippen LogP contribution in [0.2, 0.25) is 0 Å². The van der Waals surface area contributed by atoms with Gasteiger partial charge in [0.25, 0.3) is 5.91 Å². The number of aromatic nitrogens is 2. The van der Waals surface area contributed by atoms with Gasteiger partial charge in [0, 0.05) is 37.0 Å². The average molecular weight is 484 g/mol. The fourth-order valence-electron chi connectivity index (χ4n) is 3.69. The minimum Gasteiger partial charge on any atom is -0.504 e. The lowest BCUT2D eigenvalue weighted by Crippen LogP contribution is -2.19. The van der Waals surface area contributed by atoms with Crippen molar-refractivity contribution in [2.45, 2.75) is 19.5 Å². The predicted molar refractivity (Wildman–Crippen MR) is 127 cm³/mol. The van der Waals surface area contributed by atoms with Crippen molar-refractivity contribution < 1.29 is 27.8 Å². The van der Waals surface area contributed by atoms with E-state index in [0.717, 1.165) is 5.56 Å². The number of amides is 1. The number of carbonyl (C=O) groups excluding carboxylic acids is 1. The molecule has 0 bridgehead atoms. The maximum atomic E-state index is 12.7. The molecule has 1 heterocycles. The first-order valence-corrected chi connectivity index (χ1v) is 10.8. The lowest BCUT2D eigenvalue weighted by Gasteiger charge is -2.14. The van der Waals surface area contributed by atoms with Crippen LogP contribution >= 0.6 is 0 Å². The van der Waals surface area contributed by atoms with Gasteiger partial charge in [-0.1, -0.05) is 12.1 Å². The zero-order valence-electron chi connectivity index (χ0n) is 19.0. The normalized spacial score (nSPS) is 11.5. The van der Waals surface area contributed by atoms with E-state index in [1.807, 2.05) is 13.0 Å². The fraction of sp³-hybridized carbons (Fsp3) is 0.200. The van der Waals surface area contributed by atoms with Crippen molar-refractivity contribution in [2.24, 2.45) is 0 Å². The van der Waals surface area contributed by atoms with Crippen molar-refractivity contribution in [3.05, 3.63) is 72.1 Å². The van der Waals surface area contributed by atoms with Crippen LogP contribution in [0.4, 0.5) is 18.9 Å². The Morgan fingerprint density at radius 3 is 2.60 bits per heavy atom. The highest BCUT2D eigenvalue weighted by Gasteiger charge is 2.26. The van der Waals surface area contributed by atoms with Crippen molar-refractivity contribution in [2.75, 3.05) is 18.9 Å². The largest absolute Gasteiger partial charge is 0.504 e. The number of nitrogens with one attached hydrogen (secondary N) is 2. The summed E-state index contributed by atoms with van der Waals surface area (Å²) in [5.74, 6) is 0.214. The van der Waals surface area contributed by atoms with E-state index in [0.29, 0.717) is 33.7 Å². The molecule has 4 rings (SSSR count). The van der Waals surface area contributed by atoms with E-state index in [9.17, 15) is 23.1 Å². The van der Waals surface area contributed by atoms with Gasteiger partial charge in [0.1, 0.15) is 17.6 Å². The number of hydrogen-bond acceptors (Lipinski definition) is 5. The molecule has 0 unspecified atom stereocenters. The van der Waals surface area contributed by atoms with Gasteiger partial charge < -0.3 is 20.5 Å². The summed E-state index contributed by atoms with van der Waals surface area (Å²) in [6.07, 6.45) is -3.77. The van der Waals surface area contributed by atoms with Crippen LogP contribution in [0.15, 0.2) is 60.9 Å². The summed E-state index contributed by atoms with van der Waals surface area (Å²) in [6, 6.07) is 14.9. The highest BCUT2D eigenvalue weighted by atomic mass is 19.4. The van der Waals surface area contributed by atoms with Crippen molar-refractivity contribution in [1.29, 1.82) is 0 Å². The van der Waals surface area contributed by atoms with Gasteiger partial charge in [-0.3, -0.25) is 9.36 Å². The third kappa shape index (κ3) is 5.32. The molecule has 1 amide bonds. The first-order chi connectivity index (χ1) is 16.7. The molecule has 4 aromatic rings. The Morgan fingerprint density at radius 1 is 1.14 bits per heavy atom. The predicted octanol–water partition coefficient (Wildman–Crippen LogP) is 5.56. The van der Waals surface area contributed by atoms with Gasteiger partial charge in [-0.25, -0.2) is 4.98 Å². The zero-order valence-corrected chi connectivity index (χ0v) is 19.0. The zero-order chi connectivity index (χ0) is 25.2. The summed E-state index contributed by atoms with van der Waals surface area (Å²) in [4.78, 5) is 16.5. The van der Waals surface area contributed by atoms with Gasteiger partial charge in [-0.15, -0.1) is 0 Å². The molecule has 1 aromatic heterocycles. The number of fused-ring (bicyclic) bond motifs is 1. The second-order valence-corrected chi connectivity index (χ2v) is 7.89. The number of phenols is 1. The Hall–Kier alpha value is -4.21. The van der Waals surface area contributed by atoms with E-state index in [4.69, 9.17) is 4.74 Å². The lowest BCUT2D eigenvalue weighted by molar-refractivity contribution is -0.131. The molecule has 10 heteroatoms. The number of alkyl halides is 3. The Bertz CT molecular complexity index is 1380. The number of nitrogens with zero attached hydrogens (tertiary/aromatic N) is 2. The number of anilines is 1. The summed E-state index contributed by atoms with van der Waals surface area (Å²) >= 11 is 0. The molecule has 182 valence electrons. The van der Waals surface area contributed by atoms with Crippen molar-refractivity contribution in [3.63, 3.8) is 0 Å². The summed E-state index contributed by atoms with van der Waals surface area (Å²) in [6.45, 7) is 1.47. The summed E-state index contributed by atoms with van der Waals surface area (Å²) < 4.78 is 45.8. The maximum absolute atomic E-state index is 12.7. The number of aryl methyl sites for hydroxylation is 1. The highest BCUT2D eigenvalue weighted by molar-refractivity contribution is 5.96. The average Bonchev–Trinajstić information content (AvgIpc) is 3.23. The fourth-order valence-corrected chi connectivity index (χ4v) is 3.69. The highest BCUT2D eigenvalue weighted by Crippen LogP contribution is 2.36. The second kappa shape index (κ2) is 9.57. The Labute approximate surface area is 199 Å².